The van der Waals surface area contributed by atoms with Gasteiger partial charge < -0.3 is 5.73 Å². The van der Waals surface area contributed by atoms with Gasteiger partial charge in [-0.05, 0) is 31.0 Å². The lowest BCUT2D eigenvalue weighted by atomic mass is 9.97. The van der Waals surface area contributed by atoms with Crippen LogP contribution in [0.1, 0.15) is 18.4 Å². The van der Waals surface area contributed by atoms with Crippen molar-refractivity contribution in [3.8, 4) is 0 Å². The second-order valence-corrected chi connectivity index (χ2v) is 5.42. The number of carbonyl (C=O) groups is 1. The van der Waals surface area contributed by atoms with E-state index in [9.17, 15) is 4.79 Å². The fourth-order valence-electron chi connectivity index (χ4n) is 2.30. The molecule has 1 atom stereocenters. The van der Waals surface area contributed by atoms with Gasteiger partial charge in [-0.3, -0.25) is 9.69 Å². The highest BCUT2D eigenvalue weighted by atomic mass is 79.9. The first kappa shape index (κ1) is 12.6. The van der Waals surface area contributed by atoms with Crippen LogP contribution in [-0.4, -0.2) is 23.9 Å². The fourth-order valence-corrected chi connectivity index (χ4v) is 2.71. The van der Waals surface area contributed by atoms with Crippen LogP contribution in [0.15, 0.2) is 28.7 Å². The van der Waals surface area contributed by atoms with E-state index in [4.69, 9.17) is 5.73 Å². The van der Waals surface area contributed by atoms with Crippen LogP contribution in [0.3, 0.4) is 0 Å². The number of hydrogen-bond acceptors (Lipinski definition) is 2. The van der Waals surface area contributed by atoms with E-state index in [1.807, 2.05) is 18.2 Å². The molecule has 0 radical (unpaired) electrons. The fraction of sp³-hybridized carbons (Fsp3) is 0.462. The largest absolute Gasteiger partial charge is 0.369 e. The molecule has 1 amide bonds. The zero-order chi connectivity index (χ0) is 12.3. The topological polar surface area (TPSA) is 46.3 Å². The zero-order valence-electron chi connectivity index (χ0n) is 9.73. The van der Waals surface area contributed by atoms with E-state index >= 15 is 0 Å². The van der Waals surface area contributed by atoms with Crippen LogP contribution in [0, 0.1) is 5.92 Å². The summed E-state index contributed by atoms with van der Waals surface area (Å²) in [4.78, 5) is 13.5. The van der Waals surface area contributed by atoms with E-state index in [1.54, 1.807) is 0 Å². The second kappa shape index (κ2) is 5.65. The van der Waals surface area contributed by atoms with Gasteiger partial charge in [-0.1, -0.05) is 34.1 Å². The molecule has 0 aliphatic carbocycles. The van der Waals surface area contributed by atoms with Crippen LogP contribution in [-0.2, 0) is 11.3 Å². The molecule has 1 fully saturated rings. The Balaban J connectivity index is 1.99. The molecular weight excluding hydrogens is 280 g/mol. The third-order valence-electron chi connectivity index (χ3n) is 3.26. The molecule has 1 aliphatic rings. The van der Waals surface area contributed by atoms with E-state index in [0.29, 0.717) is 0 Å². The average molecular weight is 297 g/mol. The summed E-state index contributed by atoms with van der Waals surface area (Å²) in [5, 5.41) is 0. The number of hydrogen-bond donors (Lipinski definition) is 1. The second-order valence-electron chi connectivity index (χ2n) is 4.57. The number of benzene rings is 1. The number of nitrogens with two attached hydrogens (primary N) is 1. The van der Waals surface area contributed by atoms with Gasteiger partial charge in [0.05, 0.1) is 5.92 Å². The van der Waals surface area contributed by atoms with Crippen LogP contribution >= 0.6 is 15.9 Å². The molecule has 1 aromatic carbocycles. The summed E-state index contributed by atoms with van der Waals surface area (Å²) < 4.78 is 1.13. The predicted octanol–water partition coefficient (Wildman–Crippen LogP) is 2.15. The summed E-state index contributed by atoms with van der Waals surface area (Å²) >= 11 is 3.55. The van der Waals surface area contributed by atoms with Crippen LogP contribution in [0.4, 0.5) is 0 Å². The Labute approximate surface area is 110 Å². The number of amides is 1. The Morgan fingerprint density at radius 2 is 2.24 bits per heavy atom. The number of carbonyl (C=O) groups excluding carboxylic acids is 1. The lowest BCUT2D eigenvalue weighted by Crippen LogP contribution is -2.40. The van der Waals surface area contributed by atoms with Crippen molar-refractivity contribution in [3.05, 3.63) is 34.3 Å². The van der Waals surface area contributed by atoms with Crippen LogP contribution in [0.2, 0.25) is 0 Å². The Kier molecular flexibility index (Phi) is 4.18. The molecule has 0 bridgehead atoms. The zero-order valence-corrected chi connectivity index (χ0v) is 11.3. The first-order valence-electron chi connectivity index (χ1n) is 5.92. The minimum absolute atomic E-state index is 0.0197. The quantitative estimate of drug-likeness (QED) is 0.929. The smallest absolute Gasteiger partial charge is 0.221 e. The maximum absolute atomic E-state index is 11.2. The van der Waals surface area contributed by atoms with Crippen molar-refractivity contribution in [2.45, 2.75) is 19.4 Å². The van der Waals surface area contributed by atoms with E-state index < -0.39 is 0 Å². The first-order valence-corrected chi connectivity index (χ1v) is 6.71. The maximum Gasteiger partial charge on any atom is 0.221 e. The lowest BCUT2D eigenvalue weighted by molar-refractivity contribution is -0.123. The van der Waals surface area contributed by atoms with Gasteiger partial charge in [0.1, 0.15) is 0 Å². The van der Waals surface area contributed by atoms with Crippen molar-refractivity contribution in [2.75, 3.05) is 13.1 Å². The Morgan fingerprint density at radius 3 is 2.94 bits per heavy atom. The molecule has 2 N–H and O–H groups in total. The molecule has 4 heteroatoms. The molecular formula is C13H17BrN2O. The van der Waals surface area contributed by atoms with Crippen molar-refractivity contribution in [1.82, 2.24) is 4.90 Å². The summed E-state index contributed by atoms with van der Waals surface area (Å²) in [6.45, 7) is 2.72. The Morgan fingerprint density at radius 1 is 1.47 bits per heavy atom. The Hall–Kier alpha value is -0.870. The summed E-state index contributed by atoms with van der Waals surface area (Å²) in [5.74, 6) is -0.145. The number of halogens is 1. The number of primary amides is 1. The van der Waals surface area contributed by atoms with E-state index in [2.05, 4.69) is 26.9 Å². The standard InChI is InChI=1S/C13H17BrN2O/c14-12-6-2-1-4-10(12)8-16-7-3-5-11(9-16)13(15)17/h1-2,4,6,11H,3,5,7-9H2,(H2,15,17). The molecule has 0 saturated carbocycles. The molecule has 1 unspecified atom stereocenters. The van der Waals surface area contributed by atoms with E-state index in [1.165, 1.54) is 5.56 Å². The van der Waals surface area contributed by atoms with Gasteiger partial charge in [0.25, 0.3) is 0 Å². The molecule has 1 aromatic rings. The van der Waals surface area contributed by atoms with Gasteiger partial charge >= 0.3 is 0 Å². The van der Waals surface area contributed by atoms with Gasteiger partial charge in [-0.15, -0.1) is 0 Å². The van der Waals surface area contributed by atoms with Gasteiger partial charge in [0.2, 0.25) is 5.91 Å². The van der Waals surface area contributed by atoms with Crippen molar-refractivity contribution >= 4 is 21.8 Å². The normalized spacial score (nSPS) is 21.4. The number of nitrogens with zero attached hydrogens (tertiary/aromatic N) is 1. The monoisotopic (exact) mass is 296 g/mol. The van der Waals surface area contributed by atoms with Crippen LogP contribution < -0.4 is 5.73 Å². The molecule has 1 saturated heterocycles. The van der Waals surface area contributed by atoms with E-state index in [0.717, 1.165) is 36.9 Å². The lowest BCUT2D eigenvalue weighted by Gasteiger charge is -2.31. The third-order valence-corrected chi connectivity index (χ3v) is 4.03. The van der Waals surface area contributed by atoms with Crippen molar-refractivity contribution in [2.24, 2.45) is 11.7 Å². The summed E-state index contributed by atoms with van der Waals surface area (Å²) in [5.41, 5.74) is 6.64. The highest BCUT2D eigenvalue weighted by Crippen LogP contribution is 2.22. The van der Waals surface area contributed by atoms with Crippen molar-refractivity contribution < 1.29 is 4.79 Å². The minimum Gasteiger partial charge on any atom is -0.369 e. The molecule has 17 heavy (non-hydrogen) atoms. The van der Waals surface area contributed by atoms with Gasteiger partial charge in [0, 0.05) is 17.6 Å². The maximum atomic E-state index is 11.2. The number of piperidine rings is 1. The van der Waals surface area contributed by atoms with Gasteiger partial charge in [-0.25, -0.2) is 0 Å². The number of rotatable bonds is 3. The summed E-state index contributed by atoms with van der Waals surface area (Å²) in [6.07, 6.45) is 1.99. The molecule has 0 aromatic heterocycles. The predicted molar refractivity (Wildman–Crippen MR) is 71.3 cm³/mol. The molecule has 2 rings (SSSR count). The highest BCUT2D eigenvalue weighted by molar-refractivity contribution is 9.10. The first-order chi connectivity index (χ1) is 8.16. The van der Waals surface area contributed by atoms with Gasteiger partial charge in [0.15, 0.2) is 0 Å². The SMILES string of the molecule is NC(=O)C1CCCN(Cc2ccccc2Br)C1. The van der Waals surface area contributed by atoms with Crippen LogP contribution in [0.5, 0.6) is 0 Å². The Bertz CT molecular complexity index is 408. The van der Waals surface area contributed by atoms with Crippen LogP contribution in [0.25, 0.3) is 0 Å². The molecule has 1 heterocycles. The van der Waals surface area contributed by atoms with E-state index in [-0.39, 0.29) is 11.8 Å². The number of likely N-dealkylation sites (tertiary alicyclic amines) is 1. The molecule has 1 aliphatic heterocycles. The minimum atomic E-state index is -0.165. The molecule has 0 spiro atoms. The third kappa shape index (κ3) is 3.30. The highest BCUT2D eigenvalue weighted by Gasteiger charge is 2.23. The molecule has 3 nitrogen and oxygen atoms in total. The average Bonchev–Trinajstić information content (AvgIpc) is 2.32. The molecule has 92 valence electrons. The summed E-state index contributed by atoms with van der Waals surface area (Å²) in [6, 6.07) is 8.20. The van der Waals surface area contributed by atoms with Gasteiger partial charge in [-0.2, -0.15) is 0 Å². The van der Waals surface area contributed by atoms with Crippen molar-refractivity contribution in [3.63, 3.8) is 0 Å². The summed E-state index contributed by atoms with van der Waals surface area (Å²) in [7, 11) is 0. The van der Waals surface area contributed by atoms with Crippen molar-refractivity contribution in [1.29, 1.82) is 0 Å².